The molecule has 0 saturated heterocycles. The molecule has 1 aromatic carbocycles. The van der Waals surface area contributed by atoms with E-state index in [9.17, 15) is 4.79 Å². The van der Waals surface area contributed by atoms with Crippen LogP contribution in [0.25, 0.3) is 11.0 Å². The summed E-state index contributed by atoms with van der Waals surface area (Å²) in [4.78, 5) is 12.2. The van der Waals surface area contributed by atoms with E-state index in [0.717, 1.165) is 18.5 Å². The number of aryl methyl sites for hydroxylation is 1. The lowest BCUT2D eigenvalue weighted by molar-refractivity contribution is 0.0949. The number of ether oxygens (including phenoxy) is 1. The normalized spacial score (nSPS) is 11.0. The second-order valence-corrected chi connectivity index (χ2v) is 5.00. The Labute approximate surface area is 132 Å². The van der Waals surface area contributed by atoms with E-state index in [1.54, 1.807) is 31.6 Å². The molecule has 23 heavy (non-hydrogen) atoms. The Kier molecular flexibility index (Phi) is 4.57. The van der Waals surface area contributed by atoms with E-state index in [1.807, 2.05) is 4.57 Å². The molecule has 0 radical (unpaired) electrons. The first-order valence-electron chi connectivity index (χ1n) is 7.22. The van der Waals surface area contributed by atoms with Gasteiger partial charge in [-0.15, -0.1) is 10.2 Å². The van der Waals surface area contributed by atoms with Gasteiger partial charge >= 0.3 is 0 Å². The van der Waals surface area contributed by atoms with Crippen molar-refractivity contribution < 1.29 is 9.53 Å². The molecule has 9 heteroatoms. The molecule has 0 fully saturated rings. The van der Waals surface area contributed by atoms with Crippen LogP contribution in [0.4, 0.5) is 0 Å². The van der Waals surface area contributed by atoms with Crippen LogP contribution in [0.2, 0.25) is 0 Å². The topological polar surface area (TPSA) is 111 Å². The zero-order chi connectivity index (χ0) is 16.1. The quantitative estimate of drug-likeness (QED) is 0.615. The van der Waals surface area contributed by atoms with Gasteiger partial charge in [0.15, 0.2) is 5.82 Å². The fourth-order valence-electron chi connectivity index (χ4n) is 2.22. The summed E-state index contributed by atoms with van der Waals surface area (Å²) in [5.74, 6) is 0.512. The molecule has 2 aromatic heterocycles. The van der Waals surface area contributed by atoms with Crippen molar-refractivity contribution in [1.82, 2.24) is 35.5 Å². The van der Waals surface area contributed by atoms with Crippen molar-refractivity contribution in [3.8, 4) is 0 Å². The number of nitrogens with one attached hydrogen (secondary N) is 2. The molecule has 120 valence electrons. The van der Waals surface area contributed by atoms with Crippen LogP contribution in [0.3, 0.4) is 0 Å². The highest BCUT2D eigenvalue weighted by Crippen LogP contribution is 2.10. The summed E-state index contributed by atoms with van der Waals surface area (Å²) in [5.41, 5.74) is 1.90. The third-order valence-electron chi connectivity index (χ3n) is 3.43. The average Bonchev–Trinajstić information content (AvgIpc) is 3.21. The van der Waals surface area contributed by atoms with Gasteiger partial charge in [-0.2, -0.15) is 15.4 Å². The SMILES string of the molecule is COCCCn1cnnc1CNC(=O)c1ccc2n[nH]nc2c1. The Morgan fingerprint density at radius 1 is 1.35 bits per heavy atom. The van der Waals surface area contributed by atoms with Gasteiger partial charge in [-0.25, -0.2) is 0 Å². The molecule has 0 atom stereocenters. The molecule has 0 unspecified atom stereocenters. The van der Waals surface area contributed by atoms with Gasteiger partial charge in [0.1, 0.15) is 17.4 Å². The molecule has 3 rings (SSSR count). The highest BCUT2D eigenvalue weighted by atomic mass is 16.5. The fraction of sp³-hybridized carbons (Fsp3) is 0.357. The van der Waals surface area contributed by atoms with Gasteiger partial charge in [-0.1, -0.05) is 0 Å². The number of hydrogen-bond acceptors (Lipinski definition) is 6. The van der Waals surface area contributed by atoms with Gasteiger partial charge in [-0.05, 0) is 24.6 Å². The number of carbonyl (C=O) groups excluding carboxylic acids is 1. The molecular formula is C14H17N7O2. The minimum Gasteiger partial charge on any atom is -0.385 e. The third kappa shape index (κ3) is 3.51. The van der Waals surface area contributed by atoms with Crippen molar-refractivity contribution in [1.29, 1.82) is 0 Å². The summed E-state index contributed by atoms with van der Waals surface area (Å²) >= 11 is 0. The van der Waals surface area contributed by atoms with Gasteiger partial charge in [0, 0.05) is 25.8 Å². The zero-order valence-corrected chi connectivity index (χ0v) is 12.7. The highest BCUT2D eigenvalue weighted by Gasteiger charge is 2.10. The largest absolute Gasteiger partial charge is 0.385 e. The number of aromatic nitrogens is 6. The predicted molar refractivity (Wildman–Crippen MR) is 81.6 cm³/mol. The van der Waals surface area contributed by atoms with Crippen LogP contribution in [-0.4, -0.2) is 49.8 Å². The van der Waals surface area contributed by atoms with Crippen LogP contribution < -0.4 is 5.32 Å². The Morgan fingerprint density at radius 3 is 3.09 bits per heavy atom. The summed E-state index contributed by atoms with van der Waals surface area (Å²) in [6.07, 6.45) is 2.51. The molecular weight excluding hydrogens is 298 g/mol. The van der Waals surface area contributed by atoms with Crippen LogP contribution >= 0.6 is 0 Å². The standard InChI is InChI=1S/C14H17N7O2/c1-23-6-2-5-21-9-16-19-13(21)8-15-14(22)10-3-4-11-12(7-10)18-20-17-11/h3-4,7,9H,2,5-6,8H2,1H3,(H,15,22)(H,17,18,20). The summed E-state index contributed by atoms with van der Waals surface area (Å²) < 4.78 is 6.93. The number of nitrogens with zero attached hydrogens (tertiary/aromatic N) is 5. The second-order valence-electron chi connectivity index (χ2n) is 5.00. The van der Waals surface area contributed by atoms with Gasteiger partial charge in [0.25, 0.3) is 5.91 Å². The molecule has 1 amide bonds. The van der Waals surface area contributed by atoms with Crippen LogP contribution in [0, 0.1) is 0 Å². The van der Waals surface area contributed by atoms with E-state index in [-0.39, 0.29) is 5.91 Å². The number of aromatic amines is 1. The van der Waals surface area contributed by atoms with Gasteiger partial charge in [-0.3, -0.25) is 4.79 Å². The Morgan fingerprint density at radius 2 is 2.22 bits per heavy atom. The van der Waals surface area contributed by atoms with Crippen molar-refractivity contribution in [3.05, 3.63) is 35.9 Å². The van der Waals surface area contributed by atoms with E-state index in [4.69, 9.17) is 4.74 Å². The smallest absolute Gasteiger partial charge is 0.251 e. The second kappa shape index (κ2) is 6.97. The first-order valence-corrected chi connectivity index (χ1v) is 7.22. The number of carbonyl (C=O) groups is 1. The number of fused-ring (bicyclic) bond motifs is 1. The maximum Gasteiger partial charge on any atom is 0.251 e. The number of benzene rings is 1. The average molecular weight is 315 g/mol. The molecule has 2 heterocycles. The van der Waals surface area contributed by atoms with Crippen molar-refractivity contribution in [3.63, 3.8) is 0 Å². The van der Waals surface area contributed by atoms with Gasteiger partial charge < -0.3 is 14.6 Å². The monoisotopic (exact) mass is 315 g/mol. The van der Waals surface area contributed by atoms with E-state index in [1.165, 1.54) is 0 Å². The molecule has 0 saturated carbocycles. The third-order valence-corrected chi connectivity index (χ3v) is 3.43. The van der Waals surface area contributed by atoms with Crippen LogP contribution in [0.1, 0.15) is 22.6 Å². The molecule has 0 aliphatic carbocycles. The summed E-state index contributed by atoms with van der Waals surface area (Å²) in [6.45, 7) is 1.72. The Balaban J connectivity index is 1.61. The number of methoxy groups -OCH3 is 1. The van der Waals surface area contributed by atoms with Gasteiger partial charge in [0.05, 0.1) is 6.54 Å². The maximum absolute atomic E-state index is 12.2. The lowest BCUT2D eigenvalue weighted by Crippen LogP contribution is -2.24. The Bertz CT molecular complexity index is 795. The van der Waals surface area contributed by atoms with Crippen LogP contribution in [0.5, 0.6) is 0 Å². The number of H-pyrrole nitrogens is 1. The lowest BCUT2D eigenvalue weighted by Gasteiger charge is -2.07. The summed E-state index contributed by atoms with van der Waals surface area (Å²) in [5, 5.41) is 21.2. The minimum atomic E-state index is -0.193. The maximum atomic E-state index is 12.2. The number of amides is 1. The van der Waals surface area contributed by atoms with E-state index in [0.29, 0.717) is 30.1 Å². The van der Waals surface area contributed by atoms with E-state index in [2.05, 4.69) is 30.9 Å². The fourth-order valence-corrected chi connectivity index (χ4v) is 2.22. The lowest BCUT2D eigenvalue weighted by atomic mass is 10.2. The molecule has 9 nitrogen and oxygen atoms in total. The first-order chi connectivity index (χ1) is 11.3. The van der Waals surface area contributed by atoms with Gasteiger partial charge in [0.2, 0.25) is 0 Å². The van der Waals surface area contributed by atoms with Crippen molar-refractivity contribution >= 4 is 16.9 Å². The van der Waals surface area contributed by atoms with Crippen LogP contribution in [0.15, 0.2) is 24.5 Å². The first kappa shape index (κ1) is 15.1. The number of rotatable bonds is 7. The molecule has 0 aliphatic heterocycles. The molecule has 0 spiro atoms. The molecule has 3 aromatic rings. The van der Waals surface area contributed by atoms with Crippen molar-refractivity contribution in [2.24, 2.45) is 0 Å². The summed E-state index contributed by atoms with van der Waals surface area (Å²) in [6, 6.07) is 5.15. The predicted octanol–water partition coefficient (Wildman–Crippen LogP) is 0.516. The molecule has 0 aliphatic rings. The highest BCUT2D eigenvalue weighted by molar-refractivity contribution is 5.97. The Hall–Kier alpha value is -2.81. The van der Waals surface area contributed by atoms with Crippen molar-refractivity contribution in [2.45, 2.75) is 19.5 Å². The number of hydrogen-bond donors (Lipinski definition) is 2. The summed E-state index contributed by atoms with van der Waals surface area (Å²) in [7, 11) is 1.67. The van der Waals surface area contributed by atoms with Crippen molar-refractivity contribution in [2.75, 3.05) is 13.7 Å². The van der Waals surface area contributed by atoms with E-state index < -0.39 is 0 Å². The van der Waals surface area contributed by atoms with Crippen LogP contribution in [-0.2, 0) is 17.8 Å². The molecule has 0 bridgehead atoms. The van der Waals surface area contributed by atoms with E-state index >= 15 is 0 Å². The molecule has 2 N–H and O–H groups in total. The zero-order valence-electron chi connectivity index (χ0n) is 12.7. The minimum absolute atomic E-state index is 0.193.